The molecule has 206 valence electrons. The van der Waals surface area contributed by atoms with E-state index in [1.165, 1.54) is 11.3 Å². The Labute approximate surface area is 228 Å². The van der Waals surface area contributed by atoms with Crippen molar-refractivity contribution >= 4 is 34.2 Å². The van der Waals surface area contributed by atoms with E-state index in [0.717, 1.165) is 35.4 Å². The Morgan fingerprint density at radius 3 is 2.58 bits per heavy atom. The Bertz CT molecular complexity index is 1140. The molecule has 2 aliphatic rings. The number of fused-ring (bicyclic) bond motifs is 1. The Hall–Kier alpha value is -2.98. The van der Waals surface area contributed by atoms with Gasteiger partial charge in [0.15, 0.2) is 5.13 Å². The van der Waals surface area contributed by atoms with E-state index < -0.39 is 5.41 Å². The summed E-state index contributed by atoms with van der Waals surface area (Å²) in [6.45, 7) is 9.01. The van der Waals surface area contributed by atoms with Gasteiger partial charge in [-0.15, -0.1) is 11.3 Å². The highest BCUT2D eigenvalue weighted by Gasteiger charge is 2.40. The van der Waals surface area contributed by atoms with Crippen molar-refractivity contribution in [2.75, 3.05) is 44.6 Å². The fourth-order valence-electron chi connectivity index (χ4n) is 5.16. The highest BCUT2D eigenvalue weighted by atomic mass is 32.1. The largest absolute Gasteiger partial charge is 0.492 e. The third-order valence-electron chi connectivity index (χ3n) is 7.61. The fourth-order valence-corrected chi connectivity index (χ4v) is 5.99. The van der Waals surface area contributed by atoms with Crippen molar-refractivity contribution in [2.24, 2.45) is 5.41 Å². The lowest BCUT2D eigenvalue weighted by Crippen LogP contribution is -2.50. The van der Waals surface area contributed by atoms with Crippen LogP contribution in [0.5, 0.6) is 5.75 Å². The number of nitrogens with zero attached hydrogens (tertiary/aromatic N) is 2. The Morgan fingerprint density at radius 1 is 1.08 bits per heavy atom. The van der Waals surface area contributed by atoms with E-state index in [4.69, 9.17) is 4.74 Å². The van der Waals surface area contributed by atoms with Gasteiger partial charge in [-0.1, -0.05) is 18.6 Å². The van der Waals surface area contributed by atoms with E-state index >= 15 is 0 Å². The van der Waals surface area contributed by atoms with Gasteiger partial charge in [0.05, 0.1) is 29.8 Å². The van der Waals surface area contributed by atoms with Gasteiger partial charge in [0.1, 0.15) is 5.75 Å². The normalized spacial score (nSPS) is 19.3. The number of anilines is 1. The molecule has 2 aliphatic heterocycles. The number of nitrogens with one attached hydrogen (secondary N) is 3. The summed E-state index contributed by atoms with van der Waals surface area (Å²) in [5.74, 6) is 0.496. The quantitative estimate of drug-likeness (QED) is 0.548. The summed E-state index contributed by atoms with van der Waals surface area (Å²) in [6.07, 6.45) is 4.46. The van der Waals surface area contributed by atoms with Crippen molar-refractivity contribution in [2.45, 2.75) is 59.3 Å². The van der Waals surface area contributed by atoms with Crippen LogP contribution in [-0.4, -0.2) is 66.9 Å². The maximum atomic E-state index is 13.4. The maximum Gasteiger partial charge on any atom is 0.255 e. The molecule has 1 aromatic heterocycles. The molecule has 1 saturated heterocycles. The molecular formula is C28H39N5O4S. The van der Waals surface area contributed by atoms with E-state index in [0.29, 0.717) is 75.0 Å². The number of thiazole rings is 1. The molecule has 2 aromatic rings. The number of hydrogen-bond acceptors (Lipinski definition) is 7. The average molecular weight is 542 g/mol. The lowest BCUT2D eigenvalue weighted by Gasteiger charge is -2.40. The zero-order valence-corrected chi connectivity index (χ0v) is 23.5. The predicted molar refractivity (Wildman–Crippen MR) is 149 cm³/mol. The SMILES string of the molecule is Cc1cccc2c1OCCCNC(=O)C1(CCCCNC2=O)CCN(CC(=O)Nc2nc(C)c(C)s2)CC1. The van der Waals surface area contributed by atoms with E-state index in [1.54, 1.807) is 6.07 Å². The summed E-state index contributed by atoms with van der Waals surface area (Å²) in [5.41, 5.74) is 1.95. The number of aryl methyl sites for hydroxylation is 3. The summed E-state index contributed by atoms with van der Waals surface area (Å²) >= 11 is 1.49. The van der Waals surface area contributed by atoms with Crippen LogP contribution in [0.3, 0.4) is 0 Å². The molecule has 0 atom stereocenters. The molecule has 0 unspecified atom stereocenters. The smallest absolute Gasteiger partial charge is 0.255 e. The third-order valence-corrected chi connectivity index (χ3v) is 8.60. The molecule has 10 heteroatoms. The molecule has 3 heterocycles. The number of hydrogen-bond donors (Lipinski definition) is 3. The van der Waals surface area contributed by atoms with Gasteiger partial charge in [0, 0.05) is 18.0 Å². The van der Waals surface area contributed by atoms with Crippen LogP contribution in [0.25, 0.3) is 0 Å². The molecule has 0 bridgehead atoms. The first-order valence-electron chi connectivity index (χ1n) is 13.5. The van der Waals surface area contributed by atoms with Gasteiger partial charge in [-0.3, -0.25) is 19.3 Å². The van der Waals surface area contributed by atoms with Crippen LogP contribution >= 0.6 is 11.3 Å². The second kappa shape index (κ2) is 12.7. The number of carbonyl (C=O) groups is 3. The number of rotatable bonds is 3. The van der Waals surface area contributed by atoms with Gasteiger partial charge in [0.2, 0.25) is 11.8 Å². The lowest BCUT2D eigenvalue weighted by molar-refractivity contribution is -0.134. The Morgan fingerprint density at radius 2 is 1.84 bits per heavy atom. The number of aromatic nitrogens is 1. The topological polar surface area (TPSA) is 113 Å². The summed E-state index contributed by atoms with van der Waals surface area (Å²) < 4.78 is 5.98. The third kappa shape index (κ3) is 6.91. The first kappa shape index (κ1) is 28.0. The fraction of sp³-hybridized carbons (Fsp3) is 0.571. The molecular weight excluding hydrogens is 502 g/mol. The molecule has 3 N–H and O–H groups in total. The second-order valence-electron chi connectivity index (χ2n) is 10.4. The molecule has 1 fully saturated rings. The Kier molecular flexibility index (Phi) is 9.38. The summed E-state index contributed by atoms with van der Waals surface area (Å²) in [5, 5.41) is 9.71. The van der Waals surface area contributed by atoms with E-state index in [-0.39, 0.29) is 17.7 Å². The van der Waals surface area contributed by atoms with Crippen LogP contribution in [0.4, 0.5) is 5.13 Å². The summed E-state index contributed by atoms with van der Waals surface area (Å²) in [4.78, 5) is 46.4. The number of benzene rings is 1. The van der Waals surface area contributed by atoms with Crippen molar-refractivity contribution < 1.29 is 19.1 Å². The molecule has 1 aromatic carbocycles. The number of piperidine rings is 1. The van der Waals surface area contributed by atoms with E-state index in [9.17, 15) is 14.4 Å². The first-order chi connectivity index (χ1) is 18.3. The molecule has 9 nitrogen and oxygen atoms in total. The number of para-hydroxylation sites is 1. The molecule has 0 saturated carbocycles. The number of ether oxygens (including phenoxy) is 1. The van der Waals surface area contributed by atoms with E-state index in [1.807, 2.05) is 32.9 Å². The van der Waals surface area contributed by atoms with Crippen LogP contribution in [0.1, 0.15) is 65.0 Å². The van der Waals surface area contributed by atoms with Gasteiger partial charge in [-0.2, -0.15) is 0 Å². The highest BCUT2D eigenvalue weighted by Crippen LogP contribution is 2.37. The van der Waals surface area contributed by atoms with Crippen molar-refractivity contribution in [3.8, 4) is 5.75 Å². The standard InChI is InChI=1S/C28H39N5O4S/c1-19-8-6-9-22-24(19)37-17-7-14-30-26(36)28(10-4-5-13-29-25(22)35)11-15-33(16-12-28)18-23(34)32-27-31-20(2)21(3)38-27/h6,8-9H,4-5,7,10-18H2,1-3H3,(H,29,35)(H,30,36)(H,31,32,34). The average Bonchev–Trinajstić information content (AvgIpc) is 3.20. The van der Waals surface area contributed by atoms with Crippen LogP contribution in [-0.2, 0) is 9.59 Å². The van der Waals surface area contributed by atoms with Crippen LogP contribution < -0.4 is 20.7 Å². The molecule has 38 heavy (non-hydrogen) atoms. The van der Waals surface area contributed by atoms with Crippen LogP contribution in [0.2, 0.25) is 0 Å². The summed E-state index contributed by atoms with van der Waals surface area (Å²) in [7, 11) is 0. The van der Waals surface area contributed by atoms with Gasteiger partial charge in [-0.25, -0.2) is 4.98 Å². The Balaban J connectivity index is 1.34. The first-order valence-corrected chi connectivity index (χ1v) is 14.3. The van der Waals surface area contributed by atoms with Crippen LogP contribution in [0, 0.1) is 26.2 Å². The second-order valence-corrected chi connectivity index (χ2v) is 11.6. The molecule has 0 aliphatic carbocycles. The lowest BCUT2D eigenvalue weighted by atomic mass is 9.73. The number of carbonyl (C=O) groups excluding carboxylic acids is 3. The minimum absolute atomic E-state index is 0.0757. The highest BCUT2D eigenvalue weighted by molar-refractivity contribution is 7.15. The van der Waals surface area contributed by atoms with Crippen molar-refractivity contribution in [3.05, 3.63) is 39.9 Å². The van der Waals surface area contributed by atoms with Crippen LogP contribution in [0.15, 0.2) is 18.2 Å². The zero-order chi connectivity index (χ0) is 27.1. The van der Waals surface area contributed by atoms with Crippen molar-refractivity contribution in [1.82, 2.24) is 20.5 Å². The van der Waals surface area contributed by atoms with Gasteiger partial charge in [0.25, 0.3) is 5.91 Å². The molecule has 0 radical (unpaired) electrons. The van der Waals surface area contributed by atoms with E-state index in [2.05, 4.69) is 25.8 Å². The summed E-state index contributed by atoms with van der Waals surface area (Å²) in [6, 6.07) is 5.59. The molecule has 4 rings (SSSR count). The predicted octanol–water partition coefficient (Wildman–Crippen LogP) is 3.59. The molecule has 3 amide bonds. The maximum absolute atomic E-state index is 13.4. The van der Waals surface area contributed by atoms with Gasteiger partial charge in [-0.05, 0) is 77.6 Å². The van der Waals surface area contributed by atoms with Gasteiger partial charge >= 0.3 is 0 Å². The van der Waals surface area contributed by atoms with Crippen molar-refractivity contribution in [3.63, 3.8) is 0 Å². The number of amides is 3. The van der Waals surface area contributed by atoms with Gasteiger partial charge < -0.3 is 20.7 Å². The minimum Gasteiger partial charge on any atom is -0.492 e. The minimum atomic E-state index is -0.457. The zero-order valence-electron chi connectivity index (χ0n) is 22.7. The number of likely N-dealkylation sites (tertiary alicyclic amines) is 1. The molecule has 1 spiro atoms. The van der Waals surface area contributed by atoms with Crippen molar-refractivity contribution in [1.29, 1.82) is 0 Å². The monoisotopic (exact) mass is 541 g/mol.